The fourth-order valence-corrected chi connectivity index (χ4v) is 17.8. The first-order chi connectivity index (χ1) is 70.7. The van der Waals surface area contributed by atoms with Gasteiger partial charge in [-0.1, -0.05) is 281 Å². The van der Waals surface area contributed by atoms with Crippen LogP contribution in [0.4, 0.5) is 0 Å². The van der Waals surface area contributed by atoms with Crippen molar-refractivity contribution in [1.29, 1.82) is 1.17 Å². The monoisotopic (exact) mass is 2150 g/mol. The first-order valence-corrected chi connectivity index (χ1v) is 47.5. The number of aliphatic hydroxyl groups is 1. The predicted molar refractivity (Wildman–Crippen MR) is 576 cm³/mol. The number of methoxy groups -OCH3 is 9. The van der Waals surface area contributed by atoms with E-state index in [-0.39, 0.29) is 44.1 Å². The molecule has 0 unspecified atom stereocenters. The van der Waals surface area contributed by atoms with E-state index in [2.05, 4.69) is 113 Å². The van der Waals surface area contributed by atoms with Gasteiger partial charge in [0.2, 0.25) is 0 Å². The second-order valence-electron chi connectivity index (χ2n) is 32.0. The number of aromatic hydroxyl groups is 2. The lowest BCUT2D eigenvalue weighted by Crippen LogP contribution is -2.32. The van der Waals surface area contributed by atoms with Gasteiger partial charge in [0, 0.05) is 26.8 Å². The van der Waals surface area contributed by atoms with Crippen LogP contribution in [-0.2, 0) is 90.2 Å². The molecule has 1 aliphatic rings. The van der Waals surface area contributed by atoms with Gasteiger partial charge in [0.1, 0.15) is 88.7 Å². The van der Waals surface area contributed by atoms with E-state index in [1.54, 1.807) is 103 Å². The lowest BCUT2D eigenvalue weighted by Gasteiger charge is -2.36. The van der Waals surface area contributed by atoms with Gasteiger partial charge in [0.05, 0.1) is 107 Å². The summed E-state index contributed by atoms with van der Waals surface area (Å²) in [5.41, 5.74) is 15.9. The zero-order valence-electron chi connectivity index (χ0n) is 82.6. The van der Waals surface area contributed by atoms with Gasteiger partial charge < -0.3 is 81.6 Å². The summed E-state index contributed by atoms with van der Waals surface area (Å²) < 4.78 is 92.9. The van der Waals surface area contributed by atoms with Crippen LogP contribution >= 0.6 is 60.1 Å². The summed E-state index contributed by atoms with van der Waals surface area (Å²) in [5, 5.41) is 28.0. The lowest BCUT2D eigenvalue weighted by atomic mass is 9.80. The van der Waals surface area contributed by atoms with E-state index in [0.29, 0.717) is 54.2 Å². The molecule has 0 spiro atoms. The van der Waals surface area contributed by atoms with Gasteiger partial charge in [0.15, 0.2) is 0 Å². The minimum Gasteiger partial charge on any atom is -0.508 e. The van der Waals surface area contributed by atoms with Crippen LogP contribution in [0.15, 0.2) is 391 Å². The van der Waals surface area contributed by atoms with Gasteiger partial charge >= 0.3 is 17.9 Å². The topological polar surface area (TPSA) is 241 Å². The van der Waals surface area contributed by atoms with Crippen LogP contribution in [0.1, 0.15) is 136 Å². The number of fused-ring (bicyclic) bond motifs is 3. The third-order valence-electron chi connectivity index (χ3n) is 23.5. The van der Waals surface area contributed by atoms with Crippen LogP contribution in [0.25, 0.3) is 11.1 Å². The third-order valence-corrected chi connectivity index (χ3v) is 25.7. The second kappa shape index (κ2) is 54.7. The normalized spacial score (nSPS) is 11.0. The van der Waals surface area contributed by atoms with Crippen LogP contribution < -0.4 is 37.9 Å². The molecule has 144 heavy (non-hydrogen) atoms. The Morgan fingerprint density at radius 3 is 0.979 bits per heavy atom. The van der Waals surface area contributed by atoms with Crippen molar-refractivity contribution in [2.75, 3.05) is 64.0 Å². The fourth-order valence-electron chi connectivity index (χ4n) is 16.2. The Morgan fingerprint density at radius 1 is 0.333 bits per heavy atom. The van der Waals surface area contributed by atoms with Crippen LogP contribution in [-0.4, -0.2) is 98.4 Å². The van der Waals surface area contributed by atoms with Crippen molar-refractivity contribution in [3.8, 4) is 68.6 Å². The van der Waals surface area contributed by atoms with Gasteiger partial charge in [-0.15, -0.1) is 12.3 Å². The van der Waals surface area contributed by atoms with Gasteiger partial charge in [-0.3, -0.25) is 0 Å². The summed E-state index contributed by atoms with van der Waals surface area (Å²) in [6, 6.07) is 122. The number of halogens is 4. The molecule has 0 atom stereocenters. The van der Waals surface area contributed by atoms with Gasteiger partial charge in [-0.05, 0) is 253 Å². The van der Waals surface area contributed by atoms with Crippen molar-refractivity contribution in [2.45, 2.75) is 76.6 Å². The van der Waals surface area contributed by atoms with Crippen LogP contribution in [0.5, 0.6) is 57.5 Å². The molecule has 16 aromatic rings. The number of carbonyl (C=O) groups excluding carboxylic acids is 3. The number of alkyl halides is 1. The lowest BCUT2D eigenvalue weighted by molar-refractivity contribution is 0.0000341. The molecule has 0 aliphatic carbocycles. The highest BCUT2D eigenvalue weighted by Crippen LogP contribution is 2.48. The highest BCUT2D eigenvalue weighted by molar-refractivity contribution is 9.11. The number of benzene rings is 16. The number of rotatable bonds is 32. The molecule has 0 saturated heterocycles. The highest BCUT2D eigenvalue weighted by Gasteiger charge is 2.42. The summed E-state index contributed by atoms with van der Waals surface area (Å²) in [4.78, 5) is 35.2. The van der Waals surface area contributed by atoms with Gasteiger partial charge in [0.25, 0.3) is 0 Å². The smallest absolute Gasteiger partial charge is 0.337 e. The zero-order chi connectivity index (χ0) is 104. The predicted octanol–water partition coefficient (Wildman–Crippen LogP) is 27.5. The SMILES string of the molecule is C.COC(=O)c1ccc(Br)c(CBr)c1.COC(=O)c1ccc(Br)c(COc2cccc(COC(c3ccccc3)(c3ccc(OC)cc3)c3ccc(OC)cc3)c2)c1.COC(=O)c1ccc2c(c1)COc1cc(COC(c3ccccc3)(c3ccc(OC)cc3)c3ccc(OC)cc3)ccc1-2.COc1ccc(C(OCc2cccc(O)c2)(c2ccccc2)c2ccc(OC)cc2)cc1.OCc1cccc(O)c1.[2H]Cl.[3H]C. The van der Waals surface area contributed by atoms with Crippen molar-refractivity contribution in [3.63, 3.8) is 0 Å². The molecule has 1 heterocycles. The molecule has 16 aromatic carbocycles. The quantitative estimate of drug-likeness (QED) is 0.0154. The van der Waals surface area contributed by atoms with Crippen LogP contribution in [0.2, 0.25) is 0 Å². The van der Waals surface area contributed by atoms with E-state index in [1.807, 2.05) is 267 Å². The molecule has 0 amide bonds. The summed E-state index contributed by atoms with van der Waals surface area (Å²) >= 11 is 14.2. The number of esters is 3. The number of ether oxygens (including phenoxy) is 14. The molecule has 0 bridgehead atoms. The summed E-state index contributed by atoms with van der Waals surface area (Å²) in [6.45, 7) is 1.53. The highest BCUT2D eigenvalue weighted by atomic mass is 79.9. The Morgan fingerprint density at radius 2 is 0.639 bits per heavy atom. The zero-order valence-corrected chi connectivity index (χ0v) is 86.1. The second-order valence-corrected chi connectivity index (χ2v) is 34.3. The number of hydrogen-bond donors (Lipinski definition) is 3. The van der Waals surface area contributed by atoms with E-state index in [9.17, 15) is 19.5 Å². The molecular weight excluding hydrogens is 2040 g/mol. The molecule has 24 heteroatoms. The summed E-state index contributed by atoms with van der Waals surface area (Å²) in [5.74, 6) is 5.42. The van der Waals surface area contributed by atoms with Crippen molar-refractivity contribution in [2.24, 2.45) is 0 Å². The molecule has 20 nitrogen and oxygen atoms in total. The number of carbonyl (C=O) groups is 3. The van der Waals surface area contributed by atoms with Crippen LogP contribution in [0, 0.1) is 0 Å². The number of phenolic OH excluding ortho intramolecular Hbond substituents is 2. The first-order valence-electron chi connectivity index (χ1n) is 46.2. The average Bonchev–Trinajstić information content (AvgIpc) is 0.758. The Bertz CT molecular complexity index is 6640. The van der Waals surface area contributed by atoms with E-state index in [4.69, 9.17) is 74.3 Å². The first kappa shape index (κ1) is 108. The van der Waals surface area contributed by atoms with Crippen molar-refractivity contribution in [1.82, 2.24) is 0 Å². The number of aliphatic hydroxyl groups excluding tert-OH is 1. The van der Waals surface area contributed by atoms with E-state index < -0.39 is 22.8 Å². The van der Waals surface area contributed by atoms with Crippen LogP contribution in [0.3, 0.4) is 0 Å². The summed E-state index contributed by atoms with van der Waals surface area (Å²) in [6.07, 6.45) is 0. The van der Waals surface area contributed by atoms with E-state index in [1.165, 1.54) is 34.8 Å². The fraction of sp³-hybridized carbons (Fsp3) is 0.175. The maximum Gasteiger partial charge on any atom is 0.337 e. The maximum absolute atomic E-state index is 12.0. The van der Waals surface area contributed by atoms with Gasteiger partial charge in [-0.25, -0.2) is 14.4 Å². The molecule has 0 aromatic heterocycles. The standard InChI is InChI=1S/C37H33BrO6.C37H32O6.C28H26O4.C9H8Br2O2.C7H8O2.2CH4.ClH/c1-40-32-17-13-30(14-18-32)37(29-9-5-4-6-10-29,31-15-19-33(41-2)20-16-31)44-24-26-8-7-11-34(22-26)43-25-28-23-27(36(39)42-3)12-21-35(28)38;1-39-31-15-11-29(12-16-31)37(28-7-5-4-6-8-28,30-13-17-32(40-2)18-14-30)43-23-25-9-19-34-33-20-10-26(36(38)41-3)22-27(33)24-42-35(34)21-25;1-30-26-15-11-23(12-16-26)28(22-8-4-3-5-9-22,24-13-17-27(31-2)18-14-24)32-20-21-7-6-10-25(29)19-21;1-13-9(12)6-2-3-8(11)7(4-6)5-10;8-5-6-2-1-3-7(9)4-6;;;/h4-23H,24-25H2,1-3H3;4-22H,23-24H2,1-3H3;3-19,29H,20H2,1-2H3;2-4H,5H2,1H3;1-4,8-9H,5H2;2*1H4;1H/i;;;;;1T;;/hD. The molecule has 3 N–H and O–H groups in total. The molecule has 0 fully saturated rings. The molecule has 0 radical (unpaired) electrons. The number of hydrogen-bond acceptors (Lipinski definition) is 20. The maximum atomic E-state index is 12.0. The third kappa shape index (κ3) is 27.7. The molecule has 1 aliphatic heterocycles. The molecule has 17 rings (SSSR count). The van der Waals surface area contributed by atoms with E-state index in [0.717, 1.165) is 149 Å². The largest absolute Gasteiger partial charge is 0.508 e. The van der Waals surface area contributed by atoms with Crippen molar-refractivity contribution in [3.05, 3.63) is 497 Å². The molecular formula is C120H116Br3ClO20. The Hall–Kier alpha value is -14.5. The molecule has 744 valence electrons. The van der Waals surface area contributed by atoms with E-state index >= 15 is 0 Å². The minimum absolute atomic E-state index is 0. The number of phenols is 2. The Labute approximate surface area is 876 Å². The minimum atomic E-state index is -0.935. The molecule has 0 saturated carbocycles. The van der Waals surface area contributed by atoms with Crippen molar-refractivity contribution >= 4 is 78.0 Å². The summed E-state index contributed by atoms with van der Waals surface area (Å²) in [7, 11) is 15.3. The van der Waals surface area contributed by atoms with Gasteiger partial charge in [-0.2, -0.15) is 0 Å². The Balaban J connectivity index is 0.000000200. The average molecular weight is 2160 g/mol. The Kier molecular flexibility index (Phi) is 41.1. The van der Waals surface area contributed by atoms with Crippen molar-refractivity contribution < 1.29 is 97.4 Å².